The molecule has 17 heteroatoms. The Kier molecular flexibility index (Phi) is 8.45. The molecule has 4 aliphatic rings. The summed E-state index contributed by atoms with van der Waals surface area (Å²) in [4.78, 5) is 71.7. The molecule has 0 bridgehead atoms. The first kappa shape index (κ1) is 31.5. The zero-order valence-corrected chi connectivity index (χ0v) is 25.9. The zero-order valence-electron chi connectivity index (χ0n) is 25.0. The molecule has 1 aromatic carbocycles. The number of hydrogen-bond donors (Lipinski definition) is 2. The maximum Gasteiger partial charge on any atom is 0.410 e. The molecule has 0 spiro atoms. The summed E-state index contributed by atoms with van der Waals surface area (Å²) < 4.78 is 7.26. The van der Waals surface area contributed by atoms with Gasteiger partial charge in [-0.05, 0) is 37.5 Å². The van der Waals surface area contributed by atoms with Crippen LogP contribution in [-0.4, -0.2) is 112 Å². The number of nitro groups is 1. The van der Waals surface area contributed by atoms with Gasteiger partial charge in [-0.2, -0.15) is 5.10 Å². The number of amides is 3. The second-order valence-electron chi connectivity index (χ2n) is 12.0. The van der Waals surface area contributed by atoms with Crippen LogP contribution in [0.5, 0.6) is 0 Å². The van der Waals surface area contributed by atoms with Crippen molar-refractivity contribution in [2.45, 2.75) is 62.8 Å². The minimum absolute atomic E-state index is 0.0629. The first-order chi connectivity index (χ1) is 22.0. The minimum Gasteiger partial charge on any atom is -0.477 e. The molecule has 7 atom stereocenters. The number of non-ortho nitro benzene ring substituents is 1. The van der Waals surface area contributed by atoms with Gasteiger partial charge in [0.15, 0.2) is 0 Å². The van der Waals surface area contributed by atoms with Gasteiger partial charge in [-0.15, -0.1) is 11.8 Å². The number of thioether (sulfide) groups is 1. The van der Waals surface area contributed by atoms with Crippen LogP contribution in [0, 0.1) is 22.0 Å². The number of carbonyl (C=O) groups is 4. The largest absolute Gasteiger partial charge is 0.477 e. The lowest BCUT2D eigenvalue weighted by atomic mass is 9.79. The zero-order chi connectivity index (χ0) is 32.9. The lowest BCUT2D eigenvalue weighted by Gasteiger charge is -2.46. The highest BCUT2D eigenvalue weighted by atomic mass is 32.2. The molecule has 6 rings (SSSR count). The average molecular weight is 656 g/mol. The van der Waals surface area contributed by atoms with Crippen LogP contribution in [0.2, 0.25) is 0 Å². The number of carbonyl (C=O) groups excluding carboxylic acids is 3. The van der Waals surface area contributed by atoms with Crippen LogP contribution < -0.4 is 0 Å². The van der Waals surface area contributed by atoms with Crippen LogP contribution >= 0.6 is 11.8 Å². The Morgan fingerprint density at radius 2 is 1.96 bits per heavy atom. The molecule has 4 aliphatic heterocycles. The number of likely N-dealkylation sites (tertiary alicyclic amines) is 2. The van der Waals surface area contributed by atoms with Crippen LogP contribution in [-0.2, 0) is 25.7 Å². The van der Waals surface area contributed by atoms with Crippen LogP contribution in [0.1, 0.15) is 38.3 Å². The van der Waals surface area contributed by atoms with Crippen molar-refractivity contribution >= 4 is 41.3 Å². The van der Waals surface area contributed by atoms with Crippen LogP contribution in [0.4, 0.5) is 10.5 Å². The minimum atomic E-state index is -1.25. The van der Waals surface area contributed by atoms with E-state index in [1.165, 1.54) is 59.1 Å². The number of nitro benzene ring substituents is 1. The van der Waals surface area contributed by atoms with Crippen molar-refractivity contribution in [2.24, 2.45) is 11.8 Å². The van der Waals surface area contributed by atoms with Gasteiger partial charge >= 0.3 is 12.1 Å². The predicted molar refractivity (Wildman–Crippen MR) is 160 cm³/mol. The number of aliphatic carboxylic acids is 1. The van der Waals surface area contributed by atoms with E-state index in [0.717, 1.165) is 0 Å². The van der Waals surface area contributed by atoms with E-state index in [1.807, 2.05) is 6.92 Å². The first-order valence-corrected chi connectivity index (χ1v) is 15.8. The molecule has 3 saturated heterocycles. The van der Waals surface area contributed by atoms with Gasteiger partial charge in [-0.1, -0.05) is 6.92 Å². The van der Waals surface area contributed by atoms with E-state index < -0.39 is 47.0 Å². The number of rotatable bonds is 9. The van der Waals surface area contributed by atoms with Gasteiger partial charge in [-0.25, -0.2) is 19.3 Å². The van der Waals surface area contributed by atoms with Crippen LogP contribution in [0.15, 0.2) is 47.5 Å². The highest BCUT2D eigenvalue weighted by Crippen LogP contribution is 2.52. The number of aromatic nitrogens is 3. The number of fused-ring (bicyclic) bond motifs is 1. The number of hydrogen-bond acceptors (Lipinski definition) is 11. The summed E-state index contributed by atoms with van der Waals surface area (Å²) in [5.74, 6) is -3.03. The third-order valence-electron chi connectivity index (χ3n) is 9.18. The van der Waals surface area contributed by atoms with Crippen molar-refractivity contribution in [2.75, 3.05) is 19.6 Å². The number of benzene rings is 1. The Morgan fingerprint density at radius 1 is 1.22 bits per heavy atom. The molecule has 0 aliphatic carbocycles. The first-order valence-electron chi connectivity index (χ1n) is 14.9. The third kappa shape index (κ3) is 5.57. The van der Waals surface area contributed by atoms with Gasteiger partial charge in [-0.3, -0.25) is 24.6 Å². The second kappa shape index (κ2) is 12.4. The summed E-state index contributed by atoms with van der Waals surface area (Å²) in [5, 5.41) is 35.0. The maximum absolute atomic E-state index is 13.9. The molecular weight excluding hydrogens is 622 g/mol. The van der Waals surface area contributed by atoms with Crippen molar-refractivity contribution in [3.8, 4) is 0 Å². The van der Waals surface area contributed by atoms with Gasteiger partial charge < -0.3 is 24.7 Å². The molecule has 0 radical (unpaired) electrons. The quantitative estimate of drug-likeness (QED) is 0.225. The Bertz CT molecular complexity index is 1580. The van der Waals surface area contributed by atoms with E-state index >= 15 is 0 Å². The standard InChI is InChI=1S/C29H33N7O9S/c1-15-23-22(16(2)37)27(39)35(23)24(28(40)41)25(15)46-20-9-21(26(38)32-8-7-19(10-32)34-14-30-13-31-34)33(11-20)29(42)45-12-17-3-5-18(6-4-17)36(43)44/h3-6,13-16,19-23,37H,7-12H2,1-2H3,(H,40,41)/t15-,16-,19+,20+,21+,22-,23-/m1/s1. The van der Waals surface area contributed by atoms with Gasteiger partial charge in [0.25, 0.3) is 5.69 Å². The number of carboxylic acids is 1. The lowest BCUT2D eigenvalue weighted by molar-refractivity contribution is -0.384. The van der Waals surface area contributed by atoms with Crippen LogP contribution in [0.3, 0.4) is 0 Å². The molecule has 1 aromatic heterocycles. The van der Waals surface area contributed by atoms with Gasteiger partial charge in [0, 0.05) is 47.8 Å². The highest BCUT2D eigenvalue weighted by Gasteiger charge is 2.60. The van der Waals surface area contributed by atoms with Gasteiger partial charge in [0.2, 0.25) is 11.8 Å². The predicted octanol–water partition coefficient (Wildman–Crippen LogP) is 1.63. The fourth-order valence-electron chi connectivity index (χ4n) is 6.89. The molecule has 3 fully saturated rings. The summed E-state index contributed by atoms with van der Waals surface area (Å²) >= 11 is 1.24. The van der Waals surface area contributed by atoms with Crippen molar-refractivity contribution < 1.29 is 39.1 Å². The molecule has 5 heterocycles. The molecule has 0 saturated carbocycles. The molecule has 244 valence electrons. The number of carboxylic acid groups (broad SMARTS) is 1. The normalized spacial score (nSPS) is 27.9. The average Bonchev–Trinajstić information content (AvgIpc) is 3.82. The van der Waals surface area contributed by atoms with E-state index in [-0.39, 0.29) is 54.1 Å². The number of ether oxygens (including phenoxy) is 1. The van der Waals surface area contributed by atoms with Crippen molar-refractivity contribution in [1.82, 2.24) is 29.5 Å². The number of aliphatic hydroxyl groups excluding tert-OH is 1. The Morgan fingerprint density at radius 3 is 2.59 bits per heavy atom. The third-order valence-corrected chi connectivity index (χ3v) is 10.7. The molecule has 0 unspecified atom stereocenters. The topological polar surface area (TPSA) is 202 Å². The lowest BCUT2D eigenvalue weighted by Crippen LogP contribution is -2.63. The van der Waals surface area contributed by atoms with E-state index in [4.69, 9.17) is 4.74 Å². The molecular formula is C29H33N7O9S. The molecule has 16 nitrogen and oxygen atoms in total. The molecule has 2 aromatic rings. The molecule has 3 amide bonds. The maximum atomic E-state index is 13.9. The van der Waals surface area contributed by atoms with Crippen molar-refractivity contribution in [1.29, 1.82) is 0 Å². The molecule has 46 heavy (non-hydrogen) atoms. The number of β-lactam (4-membered cyclic amide) rings is 1. The Labute approximate surface area is 267 Å². The van der Waals surface area contributed by atoms with Crippen molar-refractivity contribution in [3.63, 3.8) is 0 Å². The number of nitrogens with zero attached hydrogens (tertiary/aromatic N) is 7. The van der Waals surface area contributed by atoms with Crippen molar-refractivity contribution in [3.05, 3.63) is 63.2 Å². The summed E-state index contributed by atoms with van der Waals surface area (Å²) in [6.45, 7) is 4.08. The SMILES string of the molecule is C[C@@H](O)[C@H]1C(=O)N2C(C(=O)O)=C(S[C@H]3C[C@@H](C(=O)N4CC[C@H](n5cncn5)C4)N(C(=O)OCc4ccc([N+](=O)[O-])cc4)C3)[C@H](C)[C@H]12. The summed E-state index contributed by atoms with van der Waals surface area (Å²) in [5.41, 5.74) is 0.305. The Balaban J connectivity index is 1.21. The fraction of sp³-hybridized carbons (Fsp3) is 0.517. The van der Waals surface area contributed by atoms with Gasteiger partial charge in [0.05, 0.1) is 29.0 Å². The number of aliphatic hydroxyl groups is 1. The highest BCUT2D eigenvalue weighted by molar-refractivity contribution is 8.03. The molecule has 2 N–H and O–H groups in total. The summed E-state index contributed by atoms with van der Waals surface area (Å²) in [6.07, 6.45) is 2.22. The van der Waals surface area contributed by atoms with E-state index in [1.54, 1.807) is 15.9 Å². The fourth-order valence-corrected chi connectivity index (χ4v) is 8.42. The van der Waals surface area contributed by atoms with E-state index in [0.29, 0.717) is 30.0 Å². The van der Waals surface area contributed by atoms with Crippen LogP contribution in [0.25, 0.3) is 0 Å². The van der Waals surface area contributed by atoms with E-state index in [2.05, 4.69) is 10.1 Å². The Hall–Kier alpha value is -4.51. The summed E-state index contributed by atoms with van der Waals surface area (Å²) in [7, 11) is 0. The second-order valence-corrected chi connectivity index (χ2v) is 13.3. The van der Waals surface area contributed by atoms with Gasteiger partial charge in [0.1, 0.15) is 31.0 Å². The monoisotopic (exact) mass is 655 g/mol. The summed E-state index contributed by atoms with van der Waals surface area (Å²) in [6, 6.07) is 4.15. The smallest absolute Gasteiger partial charge is 0.410 e. The van der Waals surface area contributed by atoms with E-state index in [9.17, 15) is 39.5 Å².